The molecule has 2 aromatic rings. The van der Waals surface area contributed by atoms with Crippen LogP contribution in [0.4, 0.5) is 21.8 Å². The third-order valence-corrected chi connectivity index (χ3v) is 4.75. The zero-order valence-electron chi connectivity index (χ0n) is 13.5. The van der Waals surface area contributed by atoms with E-state index in [1.54, 1.807) is 18.3 Å². The summed E-state index contributed by atoms with van der Waals surface area (Å²) in [4.78, 5) is 11.0. The van der Waals surface area contributed by atoms with Crippen molar-refractivity contribution in [3.05, 3.63) is 41.3 Å². The van der Waals surface area contributed by atoms with Crippen molar-refractivity contribution in [3.8, 4) is 0 Å². The van der Waals surface area contributed by atoms with E-state index in [2.05, 4.69) is 20.2 Å². The topological polar surface area (TPSA) is 59.5 Å². The van der Waals surface area contributed by atoms with Crippen molar-refractivity contribution in [2.75, 3.05) is 36.5 Å². The Hall–Kier alpha value is -1.96. The van der Waals surface area contributed by atoms with Crippen LogP contribution in [0, 0.1) is 5.82 Å². The summed E-state index contributed by atoms with van der Waals surface area (Å²) < 4.78 is 24.7. The maximum atomic E-state index is 13.3. The third kappa shape index (κ3) is 3.53. The molecule has 0 atom stereocenters. The largest absolute Gasteiger partial charge is 0.347 e. The van der Waals surface area contributed by atoms with Crippen molar-refractivity contribution in [2.45, 2.75) is 18.6 Å². The Bertz CT molecular complexity index is 760. The number of hydrogen-bond acceptors (Lipinski definition) is 6. The van der Waals surface area contributed by atoms with Crippen molar-refractivity contribution in [1.82, 2.24) is 9.97 Å². The van der Waals surface area contributed by atoms with Gasteiger partial charge in [-0.1, -0.05) is 11.6 Å². The van der Waals surface area contributed by atoms with Gasteiger partial charge in [-0.3, -0.25) is 0 Å². The normalized spacial score (nSPS) is 19.4. The summed E-state index contributed by atoms with van der Waals surface area (Å²) in [5.74, 6) is 0.401. The van der Waals surface area contributed by atoms with Crippen LogP contribution in [0.3, 0.4) is 0 Å². The maximum Gasteiger partial charge on any atom is 0.227 e. The highest BCUT2D eigenvalue weighted by Gasteiger charge is 2.40. The van der Waals surface area contributed by atoms with Crippen LogP contribution in [0.15, 0.2) is 30.5 Å². The summed E-state index contributed by atoms with van der Waals surface area (Å²) in [5.41, 5.74) is 0.668. The SMILES string of the molecule is Fc1ccc(Nc2ccnc(N3CCC4(CC3)OCCO4)n2)cc1Cl. The second-order valence-electron chi connectivity index (χ2n) is 6.09. The van der Waals surface area contributed by atoms with Gasteiger partial charge in [0, 0.05) is 37.8 Å². The quantitative estimate of drug-likeness (QED) is 0.901. The van der Waals surface area contributed by atoms with E-state index in [1.807, 2.05) is 0 Å². The van der Waals surface area contributed by atoms with Crippen molar-refractivity contribution in [1.29, 1.82) is 0 Å². The van der Waals surface area contributed by atoms with Crippen LogP contribution in [0.2, 0.25) is 5.02 Å². The predicted molar refractivity (Wildman–Crippen MR) is 92.8 cm³/mol. The second kappa shape index (κ2) is 6.74. The summed E-state index contributed by atoms with van der Waals surface area (Å²) in [7, 11) is 0. The molecule has 6 nitrogen and oxygen atoms in total. The van der Waals surface area contributed by atoms with E-state index in [0.29, 0.717) is 30.7 Å². The first-order chi connectivity index (χ1) is 12.1. The number of anilines is 3. The van der Waals surface area contributed by atoms with Gasteiger partial charge in [-0.2, -0.15) is 4.98 Å². The number of nitrogens with zero attached hydrogens (tertiary/aromatic N) is 3. The lowest BCUT2D eigenvalue weighted by Crippen LogP contribution is -2.45. The number of benzene rings is 1. The summed E-state index contributed by atoms with van der Waals surface area (Å²) >= 11 is 5.81. The first kappa shape index (κ1) is 16.5. The molecule has 132 valence electrons. The molecule has 0 radical (unpaired) electrons. The lowest BCUT2D eigenvalue weighted by atomic mass is 10.0. The van der Waals surface area contributed by atoms with E-state index in [4.69, 9.17) is 21.1 Å². The molecule has 0 saturated carbocycles. The molecular weight excluding hydrogens is 347 g/mol. The van der Waals surface area contributed by atoms with Crippen LogP contribution >= 0.6 is 11.6 Å². The fourth-order valence-electron chi connectivity index (χ4n) is 3.13. The van der Waals surface area contributed by atoms with E-state index >= 15 is 0 Å². The average molecular weight is 365 g/mol. The molecule has 0 amide bonds. The number of aromatic nitrogens is 2. The number of hydrogen-bond donors (Lipinski definition) is 1. The van der Waals surface area contributed by atoms with E-state index in [1.165, 1.54) is 12.1 Å². The Balaban J connectivity index is 1.45. The fraction of sp³-hybridized carbons (Fsp3) is 0.412. The van der Waals surface area contributed by atoms with E-state index in [9.17, 15) is 4.39 Å². The zero-order valence-corrected chi connectivity index (χ0v) is 14.3. The second-order valence-corrected chi connectivity index (χ2v) is 6.50. The van der Waals surface area contributed by atoms with Gasteiger partial charge in [0.15, 0.2) is 5.79 Å². The van der Waals surface area contributed by atoms with Gasteiger partial charge in [0.05, 0.1) is 18.2 Å². The Morgan fingerprint density at radius 3 is 2.64 bits per heavy atom. The van der Waals surface area contributed by atoms with E-state index in [0.717, 1.165) is 25.9 Å². The molecule has 8 heteroatoms. The Kier molecular flexibility index (Phi) is 4.45. The maximum absolute atomic E-state index is 13.3. The molecule has 2 saturated heterocycles. The van der Waals surface area contributed by atoms with Gasteiger partial charge in [-0.05, 0) is 24.3 Å². The van der Waals surface area contributed by atoms with Gasteiger partial charge in [0.25, 0.3) is 0 Å². The monoisotopic (exact) mass is 364 g/mol. The van der Waals surface area contributed by atoms with Gasteiger partial charge in [0.1, 0.15) is 11.6 Å². The van der Waals surface area contributed by atoms with Crippen molar-refractivity contribution >= 4 is 29.1 Å². The number of piperidine rings is 1. The molecule has 2 fully saturated rings. The lowest BCUT2D eigenvalue weighted by Gasteiger charge is -2.37. The summed E-state index contributed by atoms with van der Waals surface area (Å²) in [5, 5.41) is 3.19. The smallest absolute Gasteiger partial charge is 0.227 e. The van der Waals surface area contributed by atoms with Gasteiger partial charge in [0.2, 0.25) is 5.95 Å². The predicted octanol–water partition coefficient (Wildman–Crippen LogP) is 3.36. The van der Waals surface area contributed by atoms with Crippen LogP contribution in [-0.2, 0) is 9.47 Å². The van der Waals surface area contributed by atoms with Crippen LogP contribution in [0.25, 0.3) is 0 Å². The highest BCUT2D eigenvalue weighted by Crippen LogP contribution is 2.32. The Labute approximate surface area is 149 Å². The highest BCUT2D eigenvalue weighted by molar-refractivity contribution is 6.31. The molecule has 4 rings (SSSR count). The molecule has 25 heavy (non-hydrogen) atoms. The average Bonchev–Trinajstić information content (AvgIpc) is 3.07. The first-order valence-electron chi connectivity index (χ1n) is 8.22. The van der Waals surface area contributed by atoms with Crippen molar-refractivity contribution in [3.63, 3.8) is 0 Å². The summed E-state index contributed by atoms with van der Waals surface area (Å²) in [6.07, 6.45) is 3.28. The van der Waals surface area contributed by atoms with Crippen molar-refractivity contribution < 1.29 is 13.9 Å². The van der Waals surface area contributed by atoms with Gasteiger partial charge < -0.3 is 19.7 Å². The van der Waals surface area contributed by atoms with E-state index in [-0.39, 0.29) is 5.02 Å². The molecule has 0 unspecified atom stereocenters. The summed E-state index contributed by atoms with van der Waals surface area (Å²) in [6.45, 7) is 2.87. The number of nitrogens with one attached hydrogen (secondary N) is 1. The number of ether oxygens (including phenoxy) is 2. The standard InChI is InChI=1S/C17H18ClFN4O2/c18-13-11-12(1-2-14(13)19)21-15-3-6-20-16(22-15)23-7-4-17(5-8-23)24-9-10-25-17/h1-3,6,11H,4-5,7-10H2,(H,20,21,22). The molecule has 1 spiro atoms. The molecule has 2 aliphatic heterocycles. The molecule has 2 aliphatic rings. The fourth-order valence-corrected chi connectivity index (χ4v) is 3.31. The van der Waals surface area contributed by atoms with Crippen LogP contribution < -0.4 is 10.2 Å². The van der Waals surface area contributed by atoms with E-state index < -0.39 is 11.6 Å². The molecule has 1 aromatic carbocycles. The molecule has 3 heterocycles. The van der Waals surface area contributed by atoms with Gasteiger partial charge in [-0.25, -0.2) is 9.37 Å². The Morgan fingerprint density at radius 2 is 1.92 bits per heavy atom. The zero-order chi connectivity index (χ0) is 17.3. The van der Waals surface area contributed by atoms with Crippen molar-refractivity contribution in [2.24, 2.45) is 0 Å². The molecule has 1 aromatic heterocycles. The minimum Gasteiger partial charge on any atom is -0.347 e. The highest BCUT2D eigenvalue weighted by atomic mass is 35.5. The summed E-state index contributed by atoms with van der Waals surface area (Å²) in [6, 6.07) is 6.22. The van der Waals surface area contributed by atoms with Crippen LogP contribution in [0.1, 0.15) is 12.8 Å². The minimum absolute atomic E-state index is 0.0668. The minimum atomic E-state index is -0.450. The molecule has 0 aliphatic carbocycles. The molecule has 1 N–H and O–H groups in total. The number of halogens is 2. The van der Waals surface area contributed by atoms with Crippen LogP contribution in [0.5, 0.6) is 0 Å². The number of rotatable bonds is 3. The lowest BCUT2D eigenvalue weighted by molar-refractivity contribution is -0.169. The molecular formula is C17H18ClFN4O2. The Morgan fingerprint density at radius 1 is 1.16 bits per heavy atom. The first-order valence-corrected chi connectivity index (χ1v) is 8.59. The van der Waals surface area contributed by atoms with Gasteiger partial charge >= 0.3 is 0 Å². The van der Waals surface area contributed by atoms with Gasteiger partial charge in [-0.15, -0.1) is 0 Å². The third-order valence-electron chi connectivity index (χ3n) is 4.46. The van der Waals surface area contributed by atoms with Crippen LogP contribution in [-0.4, -0.2) is 42.1 Å². The molecule has 0 bridgehead atoms.